The number of fused-ring (bicyclic) bond motifs is 1. The van der Waals surface area contributed by atoms with Crippen molar-refractivity contribution in [2.75, 3.05) is 0 Å². The summed E-state index contributed by atoms with van der Waals surface area (Å²) in [5, 5.41) is 4.14. The predicted octanol–water partition coefficient (Wildman–Crippen LogP) is 3.30. The van der Waals surface area contributed by atoms with E-state index in [9.17, 15) is 4.79 Å². The molecule has 1 aliphatic rings. The summed E-state index contributed by atoms with van der Waals surface area (Å²) < 4.78 is 3.81. The Kier molecular flexibility index (Phi) is 4.04. The number of nitrogens with zero attached hydrogens (tertiary/aromatic N) is 4. The third kappa shape index (κ3) is 2.93. The highest BCUT2D eigenvalue weighted by molar-refractivity contribution is 5.73. The lowest BCUT2D eigenvalue weighted by atomic mass is 10.2. The van der Waals surface area contributed by atoms with Crippen molar-refractivity contribution in [3.63, 3.8) is 0 Å². The normalized spacial score (nSPS) is 13.7. The first kappa shape index (κ1) is 14.5. The molecule has 0 aromatic carbocycles. The fourth-order valence-electron chi connectivity index (χ4n) is 2.49. The van der Waals surface area contributed by atoms with Crippen molar-refractivity contribution in [1.82, 2.24) is 19.2 Å². The molecule has 114 valence electrons. The van der Waals surface area contributed by atoms with Gasteiger partial charge >= 0.3 is 0 Å². The van der Waals surface area contributed by atoms with Crippen molar-refractivity contribution in [3.8, 4) is 0 Å². The van der Waals surface area contributed by atoms with Gasteiger partial charge < -0.3 is 4.40 Å². The molecule has 0 atom stereocenters. The summed E-state index contributed by atoms with van der Waals surface area (Å²) in [6.07, 6.45) is 10.9. The Labute approximate surface area is 129 Å². The Bertz CT molecular complexity index is 783. The zero-order chi connectivity index (χ0) is 15.5. The lowest BCUT2D eigenvalue weighted by molar-refractivity contribution is 0.112. The molecule has 0 N–H and O–H groups in total. The Hall–Kier alpha value is -2.43. The molecule has 0 radical (unpaired) electrons. The first-order valence-corrected chi connectivity index (χ1v) is 7.77. The van der Waals surface area contributed by atoms with Crippen LogP contribution in [0.2, 0.25) is 0 Å². The summed E-state index contributed by atoms with van der Waals surface area (Å²) in [5.74, 6) is 0.742. The number of imidazole rings is 1. The third-order valence-electron chi connectivity index (χ3n) is 3.69. The van der Waals surface area contributed by atoms with E-state index in [1.807, 2.05) is 20.0 Å². The molecule has 3 aromatic rings. The van der Waals surface area contributed by atoms with Crippen LogP contribution in [-0.4, -0.2) is 25.5 Å². The predicted molar refractivity (Wildman–Crippen MR) is 85.2 cm³/mol. The van der Waals surface area contributed by atoms with Crippen molar-refractivity contribution in [2.45, 2.75) is 39.2 Å². The Morgan fingerprint density at radius 2 is 2.05 bits per heavy atom. The minimum absolute atomic E-state index is 0.578. The SMILES string of the molecule is CC.O=Cc1cnn(Cc2cn3cc(C4CC4)ccc3n2)c1. The van der Waals surface area contributed by atoms with Gasteiger partial charge in [-0.05, 0) is 30.4 Å². The second-order valence-corrected chi connectivity index (χ2v) is 5.32. The van der Waals surface area contributed by atoms with Gasteiger partial charge in [0.2, 0.25) is 0 Å². The van der Waals surface area contributed by atoms with Gasteiger partial charge in [0.05, 0.1) is 24.0 Å². The molecule has 3 heterocycles. The molecule has 1 saturated carbocycles. The maximum atomic E-state index is 10.6. The number of hydrogen-bond acceptors (Lipinski definition) is 3. The van der Waals surface area contributed by atoms with Crippen LogP contribution in [-0.2, 0) is 6.54 Å². The van der Waals surface area contributed by atoms with E-state index < -0.39 is 0 Å². The average molecular weight is 296 g/mol. The minimum Gasteiger partial charge on any atom is -0.306 e. The van der Waals surface area contributed by atoms with Crippen LogP contribution >= 0.6 is 0 Å². The van der Waals surface area contributed by atoms with Crippen LogP contribution in [0.4, 0.5) is 0 Å². The van der Waals surface area contributed by atoms with E-state index >= 15 is 0 Å². The van der Waals surface area contributed by atoms with Crippen LogP contribution in [0.5, 0.6) is 0 Å². The van der Waals surface area contributed by atoms with E-state index in [1.165, 1.54) is 18.4 Å². The summed E-state index contributed by atoms with van der Waals surface area (Å²) in [6, 6.07) is 4.24. The second-order valence-electron chi connectivity index (χ2n) is 5.32. The molecule has 4 rings (SSSR count). The van der Waals surface area contributed by atoms with Crippen LogP contribution in [0.1, 0.15) is 54.2 Å². The maximum Gasteiger partial charge on any atom is 0.153 e. The van der Waals surface area contributed by atoms with Crippen LogP contribution in [0.25, 0.3) is 5.65 Å². The topological polar surface area (TPSA) is 52.2 Å². The number of aldehydes is 1. The van der Waals surface area contributed by atoms with E-state index in [0.29, 0.717) is 12.1 Å². The zero-order valence-electron chi connectivity index (χ0n) is 12.9. The van der Waals surface area contributed by atoms with Gasteiger partial charge in [0.25, 0.3) is 0 Å². The molecule has 22 heavy (non-hydrogen) atoms. The van der Waals surface area contributed by atoms with Crippen LogP contribution in [0.15, 0.2) is 36.9 Å². The van der Waals surface area contributed by atoms with Crippen molar-refractivity contribution in [1.29, 1.82) is 0 Å². The van der Waals surface area contributed by atoms with Gasteiger partial charge in [-0.15, -0.1) is 0 Å². The highest BCUT2D eigenvalue weighted by Gasteiger charge is 2.23. The molecule has 0 bridgehead atoms. The fraction of sp³-hybridized carbons (Fsp3) is 0.353. The van der Waals surface area contributed by atoms with Gasteiger partial charge in [-0.25, -0.2) is 4.98 Å². The van der Waals surface area contributed by atoms with E-state index in [2.05, 4.69) is 32.8 Å². The van der Waals surface area contributed by atoms with Crippen LogP contribution in [0, 0.1) is 0 Å². The minimum atomic E-state index is 0.578. The van der Waals surface area contributed by atoms with Crippen molar-refractivity contribution in [3.05, 3.63) is 53.7 Å². The van der Waals surface area contributed by atoms with Crippen molar-refractivity contribution in [2.24, 2.45) is 0 Å². The number of carbonyl (C=O) groups is 1. The highest BCUT2D eigenvalue weighted by atomic mass is 16.1. The fourth-order valence-corrected chi connectivity index (χ4v) is 2.49. The van der Waals surface area contributed by atoms with Crippen molar-refractivity contribution >= 4 is 11.9 Å². The molecule has 5 heteroatoms. The molecule has 0 aliphatic heterocycles. The maximum absolute atomic E-state index is 10.6. The van der Waals surface area contributed by atoms with E-state index in [0.717, 1.165) is 23.5 Å². The Morgan fingerprint density at radius 1 is 1.23 bits per heavy atom. The molecular weight excluding hydrogens is 276 g/mol. The number of hydrogen-bond donors (Lipinski definition) is 0. The van der Waals surface area contributed by atoms with Crippen molar-refractivity contribution < 1.29 is 4.79 Å². The molecule has 1 aliphatic carbocycles. The van der Waals surface area contributed by atoms with Gasteiger partial charge in [0, 0.05) is 18.6 Å². The summed E-state index contributed by atoms with van der Waals surface area (Å²) in [5.41, 5.74) is 3.87. The summed E-state index contributed by atoms with van der Waals surface area (Å²) in [4.78, 5) is 15.2. The smallest absolute Gasteiger partial charge is 0.153 e. The first-order valence-electron chi connectivity index (χ1n) is 7.77. The number of aromatic nitrogens is 4. The quantitative estimate of drug-likeness (QED) is 0.694. The Balaban J connectivity index is 0.000000693. The molecule has 0 spiro atoms. The molecule has 0 amide bonds. The third-order valence-corrected chi connectivity index (χ3v) is 3.69. The largest absolute Gasteiger partial charge is 0.306 e. The highest BCUT2D eigenvalue weighted by Crippen LogP contribution is 2.39. The molecule has 0 unspecified atom stereocenters. The molecular formula is C17H20N4O. The number of rotatable bonds is 4. The summed E-state index contributed by atoms with van der Waals surface area (Å²) in [6.45, 7) is 4.58. The molecule has 3 aromatic heterocycles. The van der Waals surface area contributed by atoms with Gasteiger partial charge in [0.1, 0.15) is 5.65 Å². The van der Waals surface area contributed by atoms with E-state index in [-0.39, 0.29) is 0 Å². The lowest BCUT2D eigenvalue weighted by Crippen LogP contribution is -1.99. The monoisotopic (exact) mass is 296 g/mol. The molecule has 0 saturated heterocycles. The van der Waals surface area contributed by atoms with Gasteiger partial charge in [-0.2, -0.15) is 5.10 Å². The number of pyridine rings is 1. The molecule has 5 nitrogen and oxygen atoms in total. The van der Waals surface area contributed by atoms with Gasteiger partial charge in [-0.3, -0.25) is 9.48 Å². The van der Waals surface area contributed by atoms with Crippen LogP contribution in [0.3, 0.4) is 0 Å². The molecule has 1 fully saturated rings. The van der Waals surface area contributed by atoms with Gasteiger partial charge in [-0.1, -0.05) is 19.9 Å². The lowest BCUT2D eigenvalue weighted by Gasteiger charge is -1.98. The average Bonchev–Trinajstić information content (AvgIpc) is 3.18. The Morgan fingerprint density at radius 3 is 2.73 bits per heavy atom. The van der Waals surface area contributed by atoms with E-state index in [4.69, 9.17) is 0 Å². The zero-order valence-corrected chi connectivity index (χ0v) is 12.9. The second kappa shape index (κ2) is 6.13. The summed E-state index contributed by atoms with van der Waals surface area (Å²) in [7, 11) is 0. The standard InChI is InChI=1S/C15H14N4O.C2H6/c20-10-11-5-16-19(6-11)9-14-8-18-7-13(12-1-2-12)3-4-15(18)17-14;1-2/h3-8,10,12H,1-2,9H2;1-2H3. The van der Waals surface area contributed by atoms with Gasteiger partial charge in [0.15, 0.2) is 6.29 Å². The van der Waals surface area contributed by atoms with Crippen LogP contribution < -0.4 is 0 Å². The first-order chi connectivity index (χ1) is 10.8. The summed E-state index contributed by atoms with van der Waals surface area (Å²) >= 11 is 0. The number of carbonyl (C=O) groups excluding carboxylic acids is 1. The van der Waals surface area contributed by atoms with E-state index in [1.54, 1.807) is 17.1 Å².